The maximum Gasteiger partial charge on any atom is 0.162 e. The Kier molecular flexibility index (Phi) is 4.74. The first-order valence-electron chi connectivity index (χ1n) is 8.51. The topological polar surface area (TPSA) is 54.7 Å². The molecule has 5 nitrogen and oxygen atoms in total. The van der Waals surface area contributed by atoms with Gasteiger partial charge in [-0.05, 0) is 64.3 Å². The number of carbonyl (C=O) groups excluding carboxylic acids is 1. The first kappa shape index (κ1) is 18.0. The highest BCUT2D eigenvalue weighted by atomic mass is 16.5. The van der Waals surface area contributed by atoms with Crippen LogP contribution < -0.4 is 4.74 Å². The van der Waals surface area contributed by atoms with E-state index in [0.29, 0.717) is 12.1 Å². The highest BCUT2D eigenvalue weighted by Crippen LogP contribution is 2.36. The van der Waals surface area contributed by atoms with Crippen molar-refractivity contribution in [3.63, 3.8) is 0 Å². The molecule has 1 aromatic heterocycles. The van der Waals surface area contributed by atoms with Gasteiger partial charge >= 0.3 is 0 Å². The van der Waals surface area contributed by atoms with E-state index in [4.69, 9.17) is 4.74 Å². The van der Waals surface area contributed by atoms with E-state index >= 15 is 0 Å². The number of aromatic hydroxyl groups is 1. The Morgan fingerprint density at radius 1 is 1.15 bits per heavy atom. The standard InChI is InChI=1S/C21H24N2O3/c1-13-20(14(2)24)21-17(12-22(3)4)19(25)11-10-18(21)23(13)15-6-8-16(26-5)9-7-15/h6-11,25H,12H2,1-5H3. The van der Waals surface area contributed by atoms with E-state index in [1.807, 2.05) is 56.3 Å². The van der Waals surface area contributed by atoms with Crippen LogP contribution in [0.15, 0.2) is 36.4 Å². The van der Waals surface area contributed by atoms with Crippen LogP contribution in [0.2, 0.25) is 0 Å². The molecule has 0 aliphatic heterocycles. The van der Waals surface area contributed by atoms with Crippen LogP contribution >= 0.6 is 0 Å². The summed E-state index contributed by atoms with van der Waals surface area (Å²) in [5, 5.41) is 11.3. The number of phenolic OH excluding ortho intramolecular Hbond substituents is 1. The second-order valence-electron chi connectivity index (χ2n) is 6.75. The molecule has 1 heterocycles. The zero-order valence-electron chi connectivity index (χ0n) is 15.8. The van der Waals surface area contributed by atoms with Gasteiger partial charge in [0.1, 0.15) is 11.5 Å². The fourth-order valence-corrected chi connectivity index (χ4v) is 3.53. The molecule has 0 amide bonds. The van der Waals surface area contributed by atoms with Crippen molar-refractivity contribution in [2.45, 2.75) is 20.4 Å². The number of rotatable bonds is 5. The van der Waals surface area contributed by atoms with Crippen molar-refractivity contribution in [3.8, 4) is 17.2 Å². The Hall–Kier alpha value is -2.79. The summed E-state index contributed by atoms with van der Waals surface area (Å²) in [6.07, 6.45) is 0. The predicted molar refractivity (Wildman–Crippen MR) is 104 cm³/mol. The van der Waals surface area contributed by atoms with E-state index in [1.165, 1.54) is 0 Å². The number of Topliss-reactive ketones (excluding diaryl/α,β-unsaturated/α-hetero) is 1. The highest BCUT2D eigenvalue weighted by molar-refractivity contribution is 6.10. The van der Waals surface area contributed by atoms with Crippen LogP contribution in [0.25, 0.3) is 16.6 Å². The summed E-state index contributed by atoms with van der Waals surface area (Å²) in [5.74, 6) is 0.978. The lowest BCUT2D eigenvalue weighted by Gasteiger charge is -2.14. The van der Waals surface area contributed by atoms with Crippen molar-refractivity contribution < 1.29 is 14.6 Å². The molecular weight excluding hydrogens is 328 g/mol. The normalized spacial score (nSPS) is 11.3. The molecule has 0 fully saturated rings. The van der Waals surface area contributed by atoms with Gasteiger partial charge in [-0.2, -0.15) is 0 Å². The maximum absolute atomic E-state index is 12.4. The number of hydrogen-bond acceptors (Lipinski definition) is 4. The third kappa shape index (κ3) is 2.95. The van der Waals surface area contributed by atoms with Crippen LogP contribution in [0.4, 0.5) is 0 Å². The van der Waals surface area contributed by atoms with Crippen molar-refractivity contribution in [1.29, 1.82) is 0 Å². The number of methoxy groups -OCH3 is 1. The van der Waals surface area contributed by atoms with Crippen molar-refractivity contribution in [2.24, 2.45) is 0 Å². The quantitative estimate of drug-likeness (QED) is 0.707. The van der Waals surface area contributed by atoms with E-state index in [9.17, 15) is 9.90 Å². The van der Waals surface area contributed by atoms with Gasteiger partial charge in [0.25, 0.3) is 0 Å². The van der Waals surface area contributed by atoms with Crippen molar-refractivity contribution >= 4 is 16.7 Å². The summed E-state index contributed by atoms with van der Waals surface area (Å²) in [7, 11) is 5.52. The van der Waals surface area contributed by atoms with Crippen LogP contribution in [-0.2, 0) is 6.54 Å². The second kappa shape index (κ2) is 6.84. The van der Waals surface area contributed by atoms with Gasteiger partial charge in [-0.3, -0.25) is 4.79 Å². The molecule has 0 bridgehead atoms. The number of ketones is 1. The lowest BCUT2D eigenvalue weighted by atomic mass is 10.0. The Morgan fingerprint density at radius 3 is 2.35 bits per heavy atom. The van der Waals surface area contributed by atoms with Crippen molar-refractivity contribution in [2.75, 3.05) is 21.2 Å². The summed E-state index contributed by atoms with van der Waals surface area (Å²) in [6, 6.07) is 11.3. The zero-order chi connectivity index (χ0) is 19.0. The Bertz CT molecular complexity index is 969. The van der Waals surface area contributed by atoms with Gasteiger partial charge in [0, 0.05) is 34.4 Å². The van der Waals surface area contributed by atoms with Gasteiger partial charge in [-0.1, -0.05) is 0 Å². The van der Waals surface area contributed by atoms with E-state index in [-0.39, 0.29) is 11.5 Å². The third-order valence-electron chi connectivity index (χ3n) is 4.61. The summed E-state index contributed by atoms with van der Waals surface area (Å²) in [4.78, 5) is 14.4. The number of carbonyl (C=O) groups is 1. The minimum Gasteiger partial charge on any atom is -0.508 e. The molecular formula is C21H24N2O3. The molecule has 0 aliphatic rings. The van der Waals surface area contributed by atoms with Gasteiger partial charge in [-0.15, -0.1) is 0 Å². The average molecular weight is 352 g/mol. The first-order valence-corrected chi connectivity index (χ1v) is 8.51. The van der Waals surface area contributed by atoms with E-state index in [0.717, 1.165) is 33.6 Å². The van der Waals surface area contributed by atoms with Crippen LogP contribution in [0.3, 0.4) is 0 Å². The van der Waals surface area contributed by atoms with Crippen molar-refractivity contribution in [3.05, 3.63) is 53.2 Å². The molecule has 0 unspecified atom stereocenters. The molecule has 3 rings (SSSR count). The van der Waals surface area contributed by atoms with Crippen molar-refractivity contribution in [1.82, 2.24) is 9.47 Å². The fourth-order valence-electron chi connectivity index (χ4n) is 3.53. The maximum atomic E-state index is 12.4. The molecule has 0 atom stereocenters. The SMILES string of the molecule is COc1ccc(-n2c(C)c(C(C)=O)c3c(CN(C)C)c(O)ccc32)cc1. The largest absolute Gasteiger partial charge is 0.508 e. The monoisotopic (exact) mass is 352 g/mol. The zero-order valence-corrected chi connectivity index (χ0v) is 15.8. The molecule has 0 saturated carbocycles. The fraction of sp³-hybridized carbons (Fsp3) is 0.286. The second-order valence-corrected chi connectivity index (χ2v) is 6.75. The molecule has 0 radical (unpaired) electrons. The molecule has 1 N–H and O–H groups in total. The molecule has 5 heteroatoms. The Balaban J connectivity index is 2.37. The molecule has 0 aliphatic carbocycles. The van der Waals surface area contributed by atoms with Crippen LogP contribution in [-0.4, -0.2) is 41.6 Å². The number of hydrogen-bond donors (Lipinski definition) is 1. The summed E-state index contributed by atoms with van der Waals surface area (Å²) in [5.41, 5.74) is 4.15. The summed E-state index contributed by atoms with van der Waals surface area (Å²) >= 11 is 0. The summed E-state index contributed by atoms with van der Waals surface area (Å²) in [6.45, 7) is 4.07. The summed E-state index contributed by atoms with van der Waals surface area (Å²) < 4.78 is 7.30. The lowest BCUT2D eigenvalue weighted by Crippen LogP contribution is -2.11. The molecule has 2 aromatic carbocycles. The number of benzene rings is 2. The number of aromatic nitrogens is 1. The highest BCUT2D eigenvalue weighted by Gasteiger charge is 2.23. The van der Waals surface area contributed by atoms with E-state index in [2.05, 4.69) is 4.57 Å². The van der Waals surface area contributed by atoms with E-state index in [1.54, 1.807) is 20.1 Å². The first-order chi connectivity index (χ1) is 12.3. The van der Waals surface area contributed by atoms with Gasteiger partial charge < -0.3 is 19.3 Å². The van der Waals surface area contributed by atoms with Crippen LogP contribution in [0, 0.1) is 6.92 Å². The van der Waals surface area contributed by atoms with Gasteiger partial charge in [0.2, 0.25) is 0 Å². The number of fused-ring (bicyclic) bond motifs is 1. The predicted octanol–water partition coefficient (Wildman–Crippen LogP) is 3.92. The molecule has 0 spiro atoms. The smallest absolute Gasteiger partial charge is 0.162 e. The molecule has 3 aromatic rings. The van der Waals surface area contributed by atoms with Gasteiger partial charge in [0.05, 0.1) is 12.6 Å². The molecule has 0 saturated heterocycles. The van der Waals surface area contributed by atoms with Gasteiger partial charge in [-0.25, -0.2) is 0 Å². The minimum absolute atomic E-state index is 0.00892. The number of ether oxygens (including phenoxy) is 1. The Morgan fingerprint density at radius 2 is 1.81 bits per heavy atom. The van der Waals surface area contributed by atoms with E-state index < -0.39 is 0 Å². The molecule has 26 heavy (non-hydrogen) atoms. The average Bonchev–Trinajstić information content (AvgIpc) is 2.89. The Labute approximate surface area is 153 Å². The third-order valence-corrected chi connectivity index (χ3v) is 4.61. The lowest BCUT2D eigenvalue weighted by molar-refractivity contribution is 0.101. The van der Waals surface area contributed by atoms with Crippen LogP contribution in [0.5, 0.6) is 11.5 Å². The minimum atomic E-state index is -0.00892. The number of phenols is 1. The number of nitrogens with zero attached hydrogens (tertiary/aromatic N) is 2. The van der Waals surface area contributed by atoms with Crippen LogP contribution in [0.1, 0.15) is 28.5 Å². The van der Waals surface area contributed by atoms with Gasteiger partial charge in [0.15, 0.2) is 5.78 Å². The molecule has 136 valence electrons.